The minimum Gasteiger partial charge on any atom is -0.387 e. The molecule has 1 aromatic rings. The van der Waals surface area contributed by atoms with E-state index >= 15 is 0 Å². The number of aromatic nitrogens is 2. The lowest BCUT2D eigenvalue weighted by molar-refractivity contribution is -0.0475. The Labute approximate surface area is 184 Å². The highest BCUT2D eigenvalue weighted by atomic mass is 31.3. The third-order valence-corrected chi connectivity index (χ3v) is 7.92. The van der Waals surface area contributed by atoms with Crippen molar-refractivity contribution >= 4 is 23.5 Å². The van der Waals surface area contributed by atoms with Crippen LogP contribution in [0.15, 0.2) is 15.7 Å². The Bertz CT molecular complexity index is 1230. The lowest BCUT2D eigenvalue weighted by atomic mass is 9.91. The Balaban J connectivity index is 2.29. The van der Waals surface area contributed by atoms with Crippen LogP contribution in [0.2, 0.25) is 0 Å². The maximum Gasteiger partial charge on any atom is 0.490 e. The first kappa shape index (κ1) is 27.8. The number of aliphatic hydroxyl groups is 1. The van der Waals surface area contributed by atoms with Gasteiger partial charge < -0.3 is 35.2 Å². The summed E-state index contributed by atoms with van der Waals surface area (Å²) >= 11 is 0. The Morgan fingerprint density at radius 3 is 2.33 bits per heavy atom. The molecule has 17 nitrogen and oxygen atoms in total. The molecule has 2 heterocycles. The molecule has 2 rings (SSSR count). The fraction of sp³-hybridized carbons (Fsp3) is 0.538. The van der Waals surface area contributed by atoms with Gasteiger partial charge in [0.1, 0.15) is 12.2 Å². The van der Waals surface area contributed by atoms with Crippen molar-refractivity contribution in [1.29, 1.82) is 0 Å². The van der Waals surface area contributed by atoms with Crippen LogP contribution in [0.4, 0.5) is 0 Å². The van der Waals surface area contributed by atoms with Crippen LogP contribution < -0.4 is 17.0 Å². The number of H-pyrrole nitrogens is 1. The van der Waals surface area contributed by atoms with E-state index in [1.807, 2.05) is 4.98 Å². The summed E-state index contributed by atoms with van der Waals surface area (Å²) < 4.78 is 52.0. The van der Waals surface area contributed by atoms with Gasteiger partial charge in [-0.1, -0.05) is 5.92 Å². The van der Waals surface area contributed by atoms with Gasteiger partial charge in [-0.2, -0.15) is 8.62 Å². The molecular formula is C13H20N3O14P3. The summed E-state index contributed by atoms with van der Waals surface area (Å²) in [5.41, 5.74) is 2.55. The number of nitrogens with two attached hydrogens (primary N) is 1. The summed E-state index contributed by atoms with van der Waals surface area (Å²) in [4.78, 5) is 61.6. The number of ether oxygens (including phenoxy) is 1. The molecular weight excluding hydrogens is 515 g/mol. The van der Waals surface area contributed by atoms with Crippen LogP contribution >= 0.6 is 23.5 Å². The number of aryl methyl sites for hydroxylation is 1. The molecule has 1 aromatic heterocycles. The highest BCUT2D eigenvalue weighted by molar-refractivity contribution is 7.66. The number of aliphatic hydroxyl groups excluding tert-OH is 1. The molecule has 8 N–H and O–H groups in total. The largest absolute Gasteiger partial charge is 0.490 e. The van der Waals surface area contributed by atoms with E-state index in [2.05, 4.69) is 25.0 Å². The van der Waals surface area contributed by atoms with E-state index in [1.165, 1.54) is 13.8 Å². The number of aromatic amines is 1. The molecule has 0 saturated carbocycles. The van der Waals surface area contributed by atoms with Gasteiger partial charge in [0.2, 0.25) is 0 Å². The second kappa shape index (κ2) is 9.65. The molecule has 0 bridgehead atoms. The van der Waals surface area contributed by atoms with Crippen molar-refractivity contribution in [1.82, 2.24) is 9.55 Å². The Kier molecular flexibility index (Phi) is 8.12. The van der Waals surface area contributed by atoms with Crippen LogP contribution in [-0.4, -0.2) is 58.6 Å². The average Bonchev–Trinajstić information content (AvgIpc) is 2.81. The van der Waals surface area contributed by atoms with Gasteiger partial charge >= 0.3 is 29.2 Å². The second-order valence-corrected chi connectivity index (χ2v) is 11.0. The summed E-state index contributed by atoms with van der Waals surface area (Å²) in [6.45, 7) is 1.69. The SMILES string of the molecule is CC#CC1(N)[C@@H](O)[C@@H](COP(=O)(O)OP(=O)(O)OP(=O)(O)O)O[C@H]1n1c(C)cc(=O)[nH]c1=O. The van der Waals surface area contributed by atoms with Gasteiger partial charge in [-0.25, -0.2) is 18.5 Å². The van der Waals surface area contributed by atoms with Gasteiger partial charge in [-0.05, 0) is 13.8 Å². The van der Waals surface area contributed by atoms with Crippen molar-refractivity contribution in [3.63, 3.8) is 0 Å². The van der Waals surface area contributed by atoms with E-state index in [9.17, 15) is 38.2 Å². The predicted molar refractivity (Wildman–Crippen MR) is 106 cm³/mol. The number of hydrogen-bond acceptors (Lipinski definition) is 11. The van der Waals surface area contributed by atoms with E-state index in [0.717, 1.165) is 10.6 Å². The molecule has 1 aliphatic rings. The fourth-order valence-electron chi connectivity index (χ4n) is 2.95. The Morgan fingerprint density at radius 1 is 1.21 bits per heavy atom. The van der Waals surface area contributed by atoms with E-state index in [-0.39, 0.29) is 5.69 Å². The van der Waals surface area contributed by atoms with Crippen LogP contribution in [-0.2, 0) is 31.6 Å². The monoisotopic (exact) mass is 535 g/mol. The standard InChI is InChI=1S/C13H20N3O14P3/c1-3-4-13(14)10(18)8(28-11(13)16-7(2)5-9(17)15-12(16)19)6-27-32(23,24)30-33(25,26)29-31(20,21)22/h5,8,10-11,18H,6,14H2,1-2H3,(H,23,24)(H,25,26)(H,15,17,19)(H2,20,21,22)/t8-,10+,11-,13?/m1/s1. The lowest BCUT2D eigenvalue weighted by Gasteiger charge is -2.28. The van der Waals surface area contributed by atoms with E-state index in [0.29, 0.717) is 0 Å². The quantitative estimate of drug-likeness (QED) is 0.142. The molecule has 0 aromatic carbocycles. The van der Waals surface area contributed by atoms with Crippen molar-refractivity contribution in [2.45, 2.75) is 37.8 Å². The molecule has 1 aliphatic heterocycles. The van der Waals surface area contributed by atoms with Gasteiger partial charge in [-0.3, -0.25) is 18.9 Å². The molecule has 20 heteroatoms. The number of phosphoric ester groups is 1. The third kappa shape index (κ3) is 6.78. The Hall–Kier alpha value is -1.47. The molecule has 0 amide bonds. The van der Waals surface area contributed by atoms with E-state index < -0.39 is 65.3 Å². The number of nitrogens with one attached hydrogen (secondary N) is 1. The summed E-state index contributed by atoms with van der Waals surface area (Å²) in [7, 11) is -16.9. The zero-order chi connectivity index (χ0) is 25.4. The maximum absolute atomic E-state index is 12.3. The summed E-state index contributed by atoms with van der Waals surface area (Å²) in [6.07, 6.45) is -4.89. The van der Waals surface area contributed by atoms with Crippen molar-refractivity contribution < 1.29 is 56.3 Å². The molecule has 186 valence electrons. The van der Waals surface area contributed by atoms with Gasteiger partial charge in [-0.15, -0.1) is 5.92 Å². The molecule has 6 atom stereocenters. The molecule has 0 radical (unpaired) electrons. The smallest absolute Gasteiger partial charge is 0.387 e. The van der Waals surface area contributed by atoms with Crippen molar-refractivity contribution in [3.8, 4) is 11.8 Å². The fourth-order valence-corrected chi connectivity index (χ4v) is 5.98. The van der Waals surface area contributed by atoms with Crippen LogP contribution in [0, 0.1) is 18.8 Å². The van der Waals surface area contributed by atoms with Gasteiger partial charge in [0.15, 0.2) is 11.8 Å². The lowest BCUT2D eigenvalue weighted by Crippen LogP contribution is -2.55. The first-order valence-electron chi connectivity index (χ1n) is 8.58. The minimum absolute atomic E-state index is 0.0715. The zero-order valence-electron chi connectivity index (χ0n) is 16.8. The van der Waals surface area contributed by atoms with E-state index in [1.54, 1.807) is 0 Å². The predicted octanol–water partition coefficient (Wildman–Crippen LogP) is -1.83. The van der Waals surface area contributed by atoms with Gasteiger partial charge in [0, 0.05) is 11.8 Å². The van der Waals surface area contributed by atoms with Crippen LogP contribution in [0.1, 0.15) is 18.8 Å². The van der Waals surface area contributed by atoms with Crippen molar-refractivity contribution in [2.24, 2.45) is 5.73 Å². The topological polar surface area (TPSA) is 270 Å². The Morgan fingerprint density at radius 2 is 1.82 bits per heavy atom. The molecule has 0 spiro atoms. The number of phosphoric acid groups is 3. The van der Waals surface area contributed by atoms with Crippen molar-refractivity contribution in [2.75, 3.05) is 6.61 Å². The summed E-state index contributed by atoms with van der Waals surface area (Å²) in [5, 5.41) is 10.6. The number of nitrogens with zero attached hydrogens (tertiary/aromatic N) is 1. The molecule has 1 saturated heterocycles. The first-order chi connectivity index (χ1) is 14.9. The highest BCUT2D eigenvalue weighted by Gasteiger charge is 2.55. The van der Waals surface area contributed by atoms with E-state index in [4.69, 9.17) is 20.3 Å². The van der Waals surface area contributed by atoms with Crippen molar-refractivity contribution in [3.05, 3.63) is 32.6 Å². The van der Waals surface area contributed by atoms with Gasteiger partial charge in [0.25, 0.3) is 5.56 Å². The molecule has 33 heavy (non-hydrogen) atoms. The van der Waals surface area contributed by atoms with Crippen LogP contribution in [0.25, 0.3) is 0 Å². The highest BCUT2D eigenvalue weighted by Crippen LogP contribution is 2.66. The van der Waals surface area contributed by atoms with Crippen LogP contribution in [0.3, 0.4) is 0 Å². The normalized spacial score (nSPS) is 29.0. The summed E-state index contributed by atoms with van der Waals surface area (Å²) in [5.74, 6) is 4.91. The minimum atomic E-state index is -5.76. The maximum atomic E-state index is 12.3. The zero-order valence-corrected chi connectivity index (χ0v) is 19.5. The number of hydrogen-bond donors (Lipinski definition) is 7. The van der Waals surface area contributed by atoms with Gasteiger partial charge in [0.05, 0.1) is 6.61 Å². The third-order valence-electron chi connectivity index (χ3n) is 4.12. The average molecular weight is 535 g/mol. The number of rotatable bonds is 8. The summed E-state index contributed by atoms with van der Waals surface area (Å²) in [6, 6.07) is 1.04. The second-order valence-electron chi connectivity index (χ2n) is 6.62. The first-order valence-corrected chi connectivity index (χ1v) is 13.1. The van der Waals surface area contributed by atoms with Crippen LogP contribution in [0.5, 0.6) is 0 Å². The molecule has 0 aliphatic carbocycles. The molecule has 1 fully saturated rings. The molecule has 3 unspecified atom stereocenters.